The number of ether oxygens (including phenoxy) is 2. The first-order chi connectivity index (χ1) is 9.63. The second-order valence-corrected chi connectivity index (χ2v) is 5.93. The molecule has 1 aromatic rings. The highest BCUT2D eigenvalue weighted by molar-refractivity contribution is 5.39. The average Bonchev–Trinajstić information content (AvgIpc) is 2.47. The van der Waals surface area contributed by atoms with Crippen LogP contribution in [0.2, 0.25) is 0 Å². The van der Waals surface area contributed by atoms with E-state index in [0.29, 0.717) is 0 Å². The van der Waals surface area contributed by atoms with Gasteiger partial charge in [0.05, 0.1) is 53.0 Å². The van der Waals surface area contributed by atoms with Crippen LogP contribution >= 0.6 is 0 Å². The number of rotatable bonds is 5. The number of hydrogen-bond acceptors (Lipinski definition) is 2. The van der Waals surface area contributed by atoms with E-state index in [1.165, 1.54) is 31.5 Å². The summed E-state index contributed by atoms with van der Waals surface area (Å²) < 4.78 is 10.8. The van der Waals surface area contributed by atoms with Crippen molar-refractivity contribution < 1.29 is 19.3 Å². The minimum Gasteiger partial charge on any atom is -0.497 e. The monoisotopic (exact) mass is 280 g/mol. The van der Waals surface area contributed by atoms with Gasteiger partial charge in [0, 0.05) is 12.8 Å². The Morgan fingerprint density at radius 3 is 2.50 bits per heavy atom. The Bertz CT molecular complexity index is 428. The van der Waals surface area contributed by atoms with E-state index in [1.807, 2.05) is 12.1 Å². The molecular weight excluding hydrogens is 252 g/mol. The van der Waals surface area contributed by atoms with Gasteiger partial charge < -0.3 is 19.3 Å². The fourth-order valence-corrected chi connectivity index (χ4v) is 3.07. The quantitative estimate of drug-likeness (QED) is 0.753. The van der Waals surface area contributed by atoms with Crippen LogP contribution in [-0.2, 0) is 6.54 Å². The van der Waals surface area contributed by atoms with Crippen LogP contribution < -0.4 is 19.3 Å². The Morgan fingerprint density at radius 1 is 1.20 bits per heavy atom. The molecule has 4 nitrogen and oxygen atoms in total. The zero-order chi connectivity index (χ0) is 14.5. The van der Waals surface area contributed by atoms with Crippen LogP contribution in [0.3, 0.4) is 0 Å². The third kappa shape index (κ3) is 3.64. The van der Waals surface area contributed by atoms with Crippen LogP contribution in [0.5, 0.6) is 11.5 Å². The van der Waals surface area contributed by atoms with Crippen molar-refractivity contribution in [1.29, 1.82) is 0 Å². The lowest BCUT2D eigenvalue weighted by Crippen LogP contribution is -3.17. The first-order valence-corrected chi connectivity index (χ1v) is 7.48. The van der Waals surface area contributed by atoms with Gasteiger partial charge >= 0.3 is 0 Å². The predicted octanol–water partition coefficient (Wildman–Crippen LogP) is -0.604. The topological polar surface area (TPSA) is 27.3 Å². The summed E-state index contributed by atoms with van der Waals surface area (Å²) in [4.78, 5) is 3.23. The van der Waals surface area contributed by atoms with E-state index in [0.717, 1.165) is 24.1 Å². The van der Waals surface area contributed by atoms with Crippen molar-refractivity contribution in [2.45, 2.75) is 25.4 Å². The van der Waals surface area contributed by atoms with Crippen molar-refractivity contribution in [2.75, 3.05) is 41.4 Å². The number of piperidine rings is 1. The molecule has 4 heteroatoms. The summed E-state index contributed by atoms with van der Waals surface area (Å²) in [5, 5.41) is 0. The molecule has 1 aliphatic heterocycles. The van der Waals surface area contributed by atoms with Crippen molar-refractivity contribution in [2.24, 2.45) is 0 Å². The molecule has 1 aliphatic rings. The second-order valence-electron chi connectivity index (χ2n) is 5.93. The van der Waals surface area contributed by atoms with Crippen molar-refractivity contribution in [3.63, 3.8) is 0 Å². The third-order valence-corrected chi connectivity index (χ3v) is 4.49. The van der Waals surface area contributed by atoms with E-state index in [9.17, 15) is 0 Å². The molecule has 1 atom stereocenters. The van der Waals surface area contributed by atoms with Crippen LogP contribution in [0, 0.1) is 0 Å². The van der Waals surface area contributed by atoms with Gasteiger partial charge in [0.1, 0.15) is 18.0 Å². The van der Waals surface area contributed by atoms with E-state index in [2.05, 4.69) is 20.2 Å². The molecule has 1 aromatic carbocycles. The lowest BCUT2D eigenvalue weighted by Gasteiger charge is -2.31. The molecule has 0 radical (unpaired) electrons. The molecule has 0 aliphatic carbocycles. The van der Waals surface area contributed by atoms with Gasteiger partial charge in [-0.05, 0) is 18.2 Å². The Kier molecular flexibility index (Phi) is 5.26. The SMILES string of the molecule is COc1ccc(OC)c(C[NH+](C)C2CC[NH+](C)CC2)c1. The van der Waals surface area contributed by atoms with E-state index in [1.54, 1.807) is 24.0 Å². The molecule has 1 fully saturated rings. The molecule has 1 unspecified atom stereocenters. The van der Waals surface area contributed by atoms with Crippen molar-refractivity contribution in [1.82, 2.24) is 0 Å². The summed E-state index contributed by atoms with van der Waals surface area (Å²) in [6.07, 6.45) is 2.62. The molecule has 0 bridgehead atoms. The molecule has 0 spiro atoms. The van der Waals surface area contributed by atoms with Gasteiger partial charge in [-0.2, -0.15) is 0 Å². The number of benzene rings is 1. The van der Waals surface area contributed by atoms with Gasteiger partial charge in [0.25, 0.3) is 0 Å². The third-order valence-electron chi connectivity index (χ3n) is 4.49. The zero-order valence-corrected chi connectivity index (χ0v) is 13.2. The van der Waals surface area contributed by atoms with E-state index in [4.69, 9.17) is 9.47 Å². The van der Waals surface area contributed by atoms with Gasteiger partial charge in [0.15, 0.2) is 0 Å². The lowest BCUT2D eigenvalue weighted by molar-refractivity contribution is -0.948. The molecule has 112 valence electrons. The maximum atomic E-state index is 5.48. The van der Waals surface area contributed by atoms with Crippen LogP contribution in [0.25, 0.3) is 0 Å². The van der Waals surface area contributed by atoms with Crippen molar-refractivity contribution in [3.05, 3.63) is 23.8 Å². The van der Waals surface area contributed by atoms with Crippen molar-refractivity contribution in [3.8, 4) is 11.5 Å². The number of methoxy groups -OCH3 is 2. The maximum absolute atomic E-state index is 5.48. The summed E-state index contributed by atoms with van der Waals surface area (Å²) in [5.74, 6) is 1.87. The highest BCUT2D eigenvalue weighted by atomic mass is 16.5. The molecule has 0 saturated carbocycles. The molecule has 0 aromatic heterocycles. The maximum Gasteiger partial charge on any atom is 0.127 e. The van der Waals surface area contributed by atoms with Gasteiger partial charge in [-0.3, -0.25) is 0 Å². The fourth-order valence-electron chi connectivity index (χ4n) is 3.07. The van der Waals surface area contributed by atoms with Crippen LogP contribution in [0.15, 0.2) is 18.2 Å². The molecule has 2 N–H and O–H groups in total. The summed E-state index contributed by atoms with van der Waals surface area (Å²) in [7, 11) is 8.03. The minimum atomic E-state index is 0.759. The average molecular weight is 280 g/mol. The number of nitrogens with one attached hydrogen (secondary N) is 2. The normalized spacial score (nSPS) is 24.2. The van der Waals surface area contributed by atoms with Gasteiger partial charge in [0.2, 0.25) is 0 Å². The molecular formula is C16H28N2O2+2. The van der Waals surface area contributed by atoms with E-state index < -0.39 is 0 Å². The molecule has 1 saturated heterocycles. The summed E-state index contributed by atoms with van der Waals surface area (Å²) in [6.45, 7) is 3.57. The highest BCUT2D eigenvalue weighted by Crippen LogP contribution is 2.23. The predicted molar refractivity (Wildman–Crippen MR) is 79.8 cm³/mol. The van der Waals surface area contributed by atoms with Crippen molar-refractivity contribution >= 4 is 0 Å². The molecule has 2 rings (SSSR count). The standard InChI is InChI=1S/C16H26N2O2/c1-17-9-7-14(8-10-17)18(2)12-13-11-15(19-3)5-6-16(13)20-4/h5-6,11,14H,7-10,12H2,1-4H3/p+2. The number of quaternary nitrogens is 2. The summed E-state index contributed by atoms with van der Waals surface area (Å²) >= 11 is 0. The Balaban J connectivity index is 2.04. The molecule has 20 heavy (non-hydrogen) atoms. The number of likely N-dealkylation sites (tertiary alicyclic amines) is 1. The van der Waals surface area contributed by atoms with Gasteiger partial charge in [-0.1, -0.05) is 0 Å². The lowest BCUT2D eigenvalue weighted by atomic mass is 10.0. The smallest absolute Gasteiger partial charge is 0.127 e. The summed E-state index contributed by atoms with van der Waals surface area (Å²) in [6, 6.07) is 6.81. The fraction of sp³-hybridized carbons (Fsp3) is 0.625. The second kappa shape index (κ2) is 6.95. The minimum absolute atomic E-state index is 0.759. The summed E-state index contributed by atoms with van der Waals surface area (Å²) in [5.41, 5.74) is 1.23. The molecule has 0 amide bonds. The van der Waals surface area contributed by atoms with Crippen LogP contribution in [0.1, 0.15) is 18.4 Å². The van der Waals surface area contributed by atoms with Gasteiger partial charge in [-0.25, -0.2) is 0 Å². The van der Waals surface area contributed by atoms with Crippen LogP contribution in [-0.4, -0.2) is 47.4 Å². The zero-order valence-electron chi connectivity index (χ0n) is 13.2. The highest BCUT2D eigenvalue weighted by Gasteiger charge is 2.26. The first-order valence-electron chi connectivity index (χ1n) is 7.48. The first kappa shape index (κ1) is 15.1. The Hall–Kier alpha value is -1.26. The number of hydrogen-bond donors (Lipinski definition) is 2. The van der Waals surface area contributed by atoms with E-state index >= 15 is 0 Å². The Labute approximate surface area is 122 Å². The largest absolute Gasteiger partial charge is 0.497 e. The molecule has 1 heterocycles. The van der Waals surface area contributed by atoms with Gasteiger partial charge in [-0.15, -0.1) is 0 Å². The van der Waals surface area contributed by atoms with Crippen LogP contribution in [0.4, 0.5) is 0 Å². The Morgan fingerprint density at radius 2 is 1.90 bits per heavy atom. The van der Waals surface area contributed by atoms with E-state index in [-0.39, 0.29) is 0 Å².